The number of carbonyl (C=O) groups excluding carboxylic acids is 3. The Kier molecular flexibility index (Phi) is 9.75. The summed E-state index contributed by atoms with van der Waals surface area (Å²) < 4.78 is 11.3. The molecule has 2 N–H and O–H groups in total. The molecule has 0 bridgehead atoms. The summed E-state index contributed by atoms with van der Waals surface area (Å²) in [5, 5.41) is 5.38. The Hall–Kier alpha value is -2.83. The molecule has 0 saturated carbocycles. The second-order valence-corrected chi connectivity index (χ2v) is 9.31. The van der Waals surface area contributed by atoms with Gasteiger partial charge < -0.3 is 20.1 Å². The van der Waals surface area contributed by atoms with Crippen molar-refractivity contribution in [2.75, 3.05) is 6.54 Å². The van der Waals surface area contributed by atoms with Gasteiger partial charge in [0.15, 0.2) is 0 Å². The van der Waals surface area contributed by atoms with Gasteiger partial charge in [-0.2, -0.15) is 0 Å². The molecule has 0 aliphatic heterocycles. The largest absolute Gasteiger partial charge is 0.488 e. The molecule has 1 rings (SSSR count). The summed E-state index contributed by atoms with van der Waals surface area (Å²) in [7, 11) is 0. The number of rotatable bonds is 10. The number of benzene rings is 1. The lowest BCUT2D eigenvalue weighted by atomic mass is 10.0. The monoisotopic (exact) mass is 432 g/mol. The second kappa shape index (κ2) is 11.5. The van der Waals surface area contributed by atoms with Crippen molar-refractivity contribution in [1.29, 1.82) is 0 Å². The van der Waals surface area contributed by atoms with Crippen molar-refractivity contribution < 1.29 is 23.9 Å². The Labute approximate surface area is 185 Å². The lowest BCUT2D eigenvalue weighted by Gasteiger charge is -2.25. The first-order valence-corrected chi connectivity index (χ1v) is 10.5. The highest BCUT2D eigenvalue weighted by Crippen LogP contribution is 2.19. The predicted molar refractivity (Wildman–Crippen MR) is 121 cm³/mol. The van der Waals surface area contributed by atoms with E-state index in [4.69, 9.17) is 9.47 Å². The highest BCUT2D eigenvalue weighted by Gasteiger charge is 2.27. The first-order valence-electron chi connectivity index (χ1n) is 10.5. The molecule has 31 heavy (non-hydrogen) atoms. The number of carbonyl (C=O) groups is 3. The van der Waals surface area contributed by atoms with E-state index in [-0.39, 0.29) is 23.8 Å². The van der Waals surface area contributed by atoms with E-state index in [1.807, 2.05) is 45.0 Å². The van der Waals surface area contributed by atoms with E-state index in [9.17, 15) is 14.4 Å². The molecular weight excluding hydrogens is 396 g/mol. The van der Waals surface area contributed by atoms with Gasteiger partial charge in [-0.15, -0.1) is 0 Å². The van der Waals surface area contributed by atoms with Crippen LogP contribution in [0.1, 0.15) is 59.9 Å². The summed E-state index contributed by atoms with van der Waals surface area (Å²) in [6.07, 6.45) is 2.10. The standard InChI is InChI=1S/C24H36N2O5/c1-8-20(27)25-15-9-10-21(28)26-19(22(29)31-24(5,6)7)16-17-11-13-18(14-12-17)30-23(2,3)4/h8,11-14,19H,1,9-10,15-16H2,2-7H3,(H,25,27)(H,26,28)/t19-/m0/s1. The van der Waals surface area contributed by atoms with Gasteiger partial charge in [0.05, 0.1) is 0 Å². The van der Waals surface area contributed by atoms with Crippen molar-refractivity contribution in [3.05, 3.63) is 42.5 Å². The molecule has 0 saturated heterocycles. The Morgan fingerprint density at radius 2 is 1.65 bits per heavy atom. The molecule has 0 fully saturated rings. The van der Waals surface area contributed by atoms with E-state index >= 15 is 0 Å². The van der Waals surface area contributed by atoms with E-state index < -0.39 is 17.6 Å². The van der Waals surface area contributed by atoms with Gasteiger partial charge in [0.2, 0.25) is 11.8 Å². The van der Waals surface area contributed by atoms with Crippen LogP contribution >= 0.6 is 0 Å². The summed E-state index contributed by atoms with van der Waals surface area (Å²) in [5.41, 5.74) is -0.102. The third-order valence-corrected chi connectivity index (χ3v) is 3.88. The van der Waals surface area contributed by atoms with Crippen LogP contribution in [0.3, 0.4) is 0 Å². The van der Waals surface area contributed by atoms with Crippen LogP contribution in [0.4, 0.5) is 0 Å². The topological polar surface area (TPSA) is 93.7 Å². The van der Waals surface area contributed by atoms with E-state index in [1.54, 1.807) is 20.8 Å². The molecule has 0 aromatic heterocycles. The zero-order valence-electron chi connectivity index (χ0n) is 19.5. The van der Waals surface area contributed by atoms with E-state index in [2.05, 4.69) is 17.2 Å². The van der Waals surface area contributed by atoms with Gasteiger partial charge in [-0.3, -0.25) is 9.59 Å². The van der Waals surface area contributed by atoms with Gasteiger partial charge in [0, 0.05) is 19.4 Å². The van der Waals surface area contributed by atoms with Gasteiger partial charge >= 0.3 is 5.97 Å². The molecule has 0 heterocycles. The molecule has 0 radical (unpaired) electrons. The SMILES string of the molecule is C=CC(=O)NCCCC(=O)N[C@@H](Cc1ccc(OC(C)(C)C)cc1)C(=O)OC(C)(C)C. The van der Waals surface area contributed by atoms with Crippen LogP contribution in [-0.4, -0.2) is 41.6 Å². The third kappa shape index (κ3) is 11.8. The highest BCUT2D eigenvalue weighted by molar-refractivity contribution is 5.87. The second-order valence-electron chi connectivity index (χ2n) is 9.31. The fourth-order valence-electron chi connectivity index (χ4n) is 2.65. The zero-order valence-corrected chi connectivity index (χ0v) is 19.5. The predicted octanol–water partition coefficient (Wildman–Crippen LogP) is 3.32. The fourth-order valence-corrected chi connectivity index (χ4v) is 2.65. The summed E-state index contributed by atoms with van der Waals surface area (Å²) in [6.45, 7) is 15.0. The Morgan fingerprint density at radius 1 is 1.03 bits per heavy atom. The summed E-state index contributed by atoms with van der Waals surface area (Å²) >= 11 is 0. The molecule has 172 valence electrons. The number of amides is 2. The number of hydrogen-bond acceptors (Lipinski definition) is 5. The first-order chi connectivity index (χ1) is 14.3. The molecule has 1 aromatic rings. The molecule has 7 heteroatoms. The van der Waals surface area contributed by atoms with Crippen molar-refractivity contribution in [2.24, 2.45) is 0 Å². The van der Waals surface area contributed by atoms with Gasteiger partial charge in [0.1, 0.15) is 23.0 Å². The van der Waals surface area contributed by atoms with Crippen LogP contribution in [-0.2, 0) is 25.5 Å². The van der Waals surface area contributed by atoms with Gasteiger partial charge in [-0.1, -0.05) is 18.7 Å². The van der Waals surface area contributed by atoms with Crippen molar-refractivity contribution >= 4 is 17.8 Å². The van der Waals surface area contributed by atoms with E-state index in [0.29, 0.717) is 19.4 Å². The average Bonchev–Trinajstić information content (AvgIpc) is 2.63. The molecule has 0 spiro atoms. The number of hydrogen-bond donors (Lipinski definition) is 2. The number of nitrogens with one attached hydrogen (secondary N) is 2. The van der Waals surface area contributed by atoms with Gasteiger partial charge in [-0.05, 0) is 71.7 Å². The molecule has 0 aliphatic carbocycles. The number of ether oxygens (including phenoxy) is 2. The Balaban J connectivity index is 2.77. The maximum atomic E-state index is 12.7. The smallest absolute Gasteiger partial charge is 0.329 e. The zero-order chi connectivity index (χ0) is 23.7. The van der Waals surface area contributed by atoms with E-state index in [0.717, 1.165) is 11.3 Å². The maximum absolute atomic E-state index is 12.7. The molecular formula is C24H36N2O5. The lowest BCUT2D eigenvalue weighted by molar-refractivity contribution is -0.158. The minimum atomic E-state index is -0.816. The highest BCUT2D eigenvalue weighted by atomic mass is 16.6. The summed E-state index contributed by atoms with van der Waals surface area (Å²) in [6, 6.07) is 6.61. The molecule has 7 nitrogen and oxygen atoms in total. The van der Waals surface area contributed by atoms with Crippen molar-refractivity contribution in [3.8, 4) is 5.75 Å². The minimum absolute atomic E-state index is 0.176. The van der Waals surface area contributed by atoms with Crippen molar-refractivity contribution in [1.82, 2.24) is 10.6 Å². The third-order valence-electron chi connectivity index (χ3n) is 3.88. The van der Waals surface area contributed by atoms with Crippen LogP contribution in [0, 0.1) is 0 Å². The lowest BCUT2D eigenvalue weighted by Crippen LogP contribution is -2.45. The average molecular weight is 433 g/mol. The number of esters is 1. The Morgan fingerprint density at radius 3 is 2.16 bits per heavy atom. The molecule has 0 aliphatic rings. The first kappa shape index (κ1) is 26.2. The van der Waals surface area contributed by atoms with E-state index in [1.165, 1.54) is 6.08 Å². The van der Waals surface area contributed by atoms with Crippen LogP contribution in [0.5, 0.6) is 5.75 Å². The summed E-state index contributed by atoms with van der Waals surface area (Å²) in [5.74, 6) is -0.325. The van der Waals surface area contributed by atoms with Gasteiger partial charge in [-0.25, -0.2) is 4.79 Å². The maximum Gasteiger partial charge on any atom is 0.329 e. The normalized spacial score (nSPS) is 12.5. The molecule has 2 amide bonds. The van der Waals surface area contributed by atoms with Crippen LogP contribution in [0.15, 0.2) is 36.9 Å². The molecule has 0 unspecified atom stereocenters. The fraction of sp³-hybridized carbons (Fsp3) is 0.542. The van der Waals surface area contributed by atoms with Crippen molar-refractivity contribution in [2.45, 2.75) is 78.0 Å². The minimum Gasteiger partial charge on any atom is -0.488 e. The Bertz CT molecular complexity index is 758. The van der Waals surface area contributed by atoms with Crippen LogP contribution in [0.25, 0.3) is 0 Å². The van der Waals surface area contributed by atoms with Crippen LogP contribution in [0.2, 0.25) is 0 Å². The molecule has 1 aromatic carbocycles. The quantitative estimate of drug-likeness (QED) is 0.336. The van der Waals surface area contributed by atoms with Crippen molar-refractivity contribution in [3.63, 3.8) is 0 Å². The van der Waals surface area contributed by atoms with Crippen LogP contribution < -0.4 is 15.4 Å². The molecule has 1 atom stereocenters. The summed E-state index contributed by atoms with van der Waals surface area (Å²) in [4.78, 5) is 36.2. The van der Waals surface area contributed by atoms with Gasteiger partial charge in [0.25, 0.3) is 0 Å².